The minimum absolute atomic E-state index is 0.191. The fourth-order valence-electron chi connectivity index (χ4n) is 3.05. The largest absolute Gasteiger partial charge is 0.312 e. The first kappa shape index (κ1) is 16.9. The van der Waals surface area contributed by atoms with Crippen LogP contribution in [0.15, 0.2) is 16.3 Å². The van der Waals surface area contributed by atoms with E-state index in [-0.39, 0.29) is 10.8 Å². The molecule has 1 aromatic rings. The Morgan fingerprint density at radius 3 is 2.38 bits per heavy atom. The Hall–Kier alpha value is -0.430. The number of hydrogen-bond acceptors (Lipinski definition) is 4. The zero-order valence-electron chi connectivity index (χ0n) is 13.5. The molecule has 6 heteroatoms. The third-order valence-corrected chi connectivity index (χ3v) is 7.89. The quantitative estimate of drug-likeness (QED) is 0.808. The lowest BCUT2D eigenvalue weighted by Gasteiger charge is -2.09. The average Bonchev–Trinajstić information content (AvgIpc) is 2.75. The molecule has 4 nitrogen and oxygen atoms in total. The molecule has 1 aromatic heterocycles. The van der Waals surface area contributed by atoms with Crippen LogP contribution in [0.1, 0.15) is 39.5 Å². The lowest BCUT2D eigenvalue weighted by Crippen LogP contribution is -2.28. The van der Waals surface area contributed by atoms with Crippen LogP contribution in [0.5, 0.6) is 0 Å². The molecule has 0 bridgehead atoms. The maximum Gasteiger partial charge on any atom is 0.241 e. The van der Waals surface area contributed by atoms with E-state index in [9.17, 15) is 8.42 Å². The van der Waals surface area contributed by atoms with E-state index in [4.69, 9.17) is 0 Å². The second kappa shape index (κ2) is 5.65. The summed E-state index contributed by atoms with van der Waals surface area (Å²) in [4.78, 5) is 1.29. The summed E-state index contributed by atoms with van der Waals surface area (Å²) in [6.45, 7) is 12.8. The topological polar surface area (TPSA) is 58.2 Å². The standard InChI is InChI=1S/C15H26N2O2S2/c1-6-16-9-11-12(7-8-20-11)21(18,19)17-10-13-14(2,3)15(13,4)5/h7-8,13,16-17H,6,9-10H2,1-5H3. The molecule has 0 atom stereocenters. The van der Waals surface area contributed by atoms with Crippen molar-refractivity contribution >= 4 is 21.4 Å². The number of hydrogen-bond donors (Lipinski definition) is 2. The second-order valence-corrected chi connectivity index (χ2v) is 9.57. The molecular formula is C15H26N2O2S2. The van der Waals surface area contributed by atoms with Gasteiger partial charge in [0.1, 0.15) is 0 Å². The van der Waals surface area contributed by atoms with Crippen LogP contribution < -0.4 is 10.0 Å². The van der Waals surface area contributed by atoms with E-state index in [0.717, 1.165) is 11.4 Å². The molecule has 21 heavy (non-hydrogen) atoms. The van der Waals surface area contributed by atoms with Crippen LogP contribution in [-0.4, -0.2) is 21.5 Å². The summed E-state index contributed by atoms with van der Waals surface area (Å²) in [5.41, 5.74) is 0.382. The molecule has 0 amide bonds. The Balaban J connectivity index is 2.05. The van der Waals surface area contributed by atoms with Gasteiger partial charge >= 0.3 is 0 Å². The zero-order chi connectivity index (χ0) is 15.9. The van der Waals surface area contributed by atoms with Crippen molar-refractivity contribution in [1.82, 2.24) is 10.0 Å². The van der Waals surface area contributed by atoms with Gasteiger partial charge in [-0.05, 0) is 34.7 Å². The van der Waals surface area contributed by atoms with Crippen molar-refractivity contribution in [2.45, 2.75) is 46.1 Å². The predicted octanol–water partition coefficient (Wildman–Crippen LogP) is 2.82. The molecule has 0 aliphatic heterocycles. The van der Waals surface area contributed by atoms with Crippen molar-refractivity contribution in [3.05, 3.63) is 16.3 Å². The maximum absolute atomic E-state index is 12.5. The van der Waals surface area contributed by atoms with Gasteiger partial charge in [0, 0.05) is 18.0 Å². The average molecular weight is 331 g/mol. The molecule has 2 rings (SSSR count). The highest BCUT2D eigenvalue weighted by Crippen LogP contribution is 2.67. The van der Waals surface area contributed by atoms with Crippen molar-refractivity contribution in [3.8, 4) is 0 Å². The van der Waals surface area contributed by atoms with Gasteiger partial charge in [0.2, 0.25) is 10.0 Å². The molecule has 1 fully saturated rings. The van der Waals surface area contributed by atoms with E-state index in [1.54, 1.807) is 6.07 Å². The van der Waals surface area contributed by atoms with Gasteiger partial charge in [-0.1, -0.05) is 34.6 Å². The van der Waals surface area contributed by atoms with Crippen molar-refractivity contribution in [3.63, 3.8) is 0 Å². The van der Waals surface area contributed by atoms with Gasteiger partial charge in [-0.25, -0.2) is 13.1 Å². The van der Waals surface area contributed by atoms with E-state index in [0.29, 0.717) is 23.9 Å². The Bertz CT molecular complexity index is 589. The van der Waals surface area contributed by atoms with Crippen molar-refractivity contribution in [1.29, 1.82) is 0 Å². The molecule has 0 saturated heterocycles. The van der Waals surface area contributed by atoms with E-state index in [2.05, 4.69) is 37.7 Å². The maximum atomic E-state index is 12.5. The van der Waals surface area contributed by atoms with Crippen LogP contribution in [0, 0.1) is 16.7 Å². The second-order valence-electron chi connectivity index (χ2n) is 6.84. The third-order valence-electron chi connectivity index (χ3n) is 5.33. The van der Waals surface area contributed by atoms with Gasteiger partial charge in [0.15, 0.2) is 0 Å². The molecule has 0 unspecified atom stereocenters. The molecule has 1 saturated carbocycles. The fraction of sp³-hybridized carbons (Fsp3) is 0.733. The van der Waals surface area contributed by atoms with Crippen LogP contribution in [0.4, 0.5) is 0 Å². The third kappa shape index (κ3) is 3.04. The van der Waals surface area contributed by atoms with Crippen molar-refractivity contribution < 1.29 is 8.42 Å². The van der Waals surface area contributed by atoms with Gasteiger partial charge in [-0.3, -0.25) is 0 Å². The van der Waals surface area contributed by atoms with E-state index in [1.165, 1.54) is 11.3 Å². The first-order chi connectivity index (χ1) is 9.64. The lowest BCUT2D eigenvalue weighted by atomic mass is 10.0. The highest BCUT2D eigenvalue weighted by atomic mass is 32.2. The van der Waals surface area contributed by atoms with Crippen LogP contribution in [-0.2, 0) is 16.6 Å². The monoisotopic (exact) mass is 330 g/mol. The molecule has 120 valence electrons. The Morgan fingerprint density at radius 2 is 1.86 bits per heavy atom. The number of sulfonamides is 1. The molecule has 0 spiro atoms. The summed E-state index contributed by atoms with van der Waals surface area (Å²) in [5, 5.41) is 5.02. The SMILES string of the molecule is CCNCc1sccc1S(=O)(=O)NCC1C(C)(C)C1(C)C. The highest BCUT2D eigenvalue weighted by molar-refractivity contribution is 7.89. The predicted molar refractivity (Wildman–Crippen MR) is 87.9 cm³/mol. The van der Waals surface area contributed by atoms with Crippen molar-refractivity contribution in [2.75, 3.05) is 13.1 Å². The summed E-state index contributed by atoms with van der Waals surface area (Å²) in [7, 11) is -3.41. The molecule has 1 heterocycles. The molecule has 0 radical (unpaired) electrons. The van der Waals surface area contributed by atoms with Crippen LogP contribution in [0.3, 0.4) is 0 Å². The number of thiophene rings is 1. The summed E-state index contributed by atoms with van der Waals surface area (Å²) in [6.07, 6.45) is 0. The summed E-state index contributed by atoms with van der Waals surface area (Å²) < 4.78 is 27.8. The zero-order valence-corrected chi connectivity index (χ0v) is 15.1. The highest BCUT2D eigenvalue weighted by Gasteiger charge is 2.64. The van der Waals surface area contributed by atoms with Gasteiger partial charge in [-0.15, -0.1) is 11.3 Å². The first-order valence-corrected chi connectivity index (χ1v) is 9.77. The van der Waals surface area contributed by atoms with Crippen LogP contribution in [0.2, 0.25) is 0 Å². The van der Waals surface area contributed by atoms with Crippen molar-refractivity contribution in [2.24, 2.45) is 16.7 Å². The minimum atomic E-state index is -3.41. The summed E-state index contributed by atoms with van der Waals surface area (Å²) in [6, 6.07) is 1.70. The smallest absolute Gasteiger partial charge is 0.241 e. The lowest BCUT2D eigenvalue weighted by molar-refractivity contribution is 0.457. The molecule has 2 N–H and O–H groups in total. The minimum Gasteiger partial charge on any atom is -0.312 e. The van der Waals surface area contributed by atoms with Crippen LogP contribution in [0.25, 0.3) is 0 Å². The summed E-state index contributed by atoms with van der Waals surface area (Å²) in [5.74, 6) is 0.385. The van der Waals surface area contributed by atoms with Gasteiger partial charge < -0.3 is 5.32 Å². The molecule has 0 aromatic carbocycles. The van der Waals surface area contributed by atoms with E-state index in [1.807, 2.05) is 12.3 Å². The number of nitrogens with one attached hydrogen (secondary N) is 2. The van der Waals surface area contributed by atoms with Gasteiger partial charge in [-0.2, -0.15) is 0 Å². The Kier molecular flexibility index (Phi) is 4.55. The molecular weight excluding hydrogens is 304 g/mol. The van der Waals surface area contributed by atoms with E-state index < -0.39 is 10.0 Å². The Morgan fingerprint density at radius 1 is 1.24 bits per heavy atom. The molecule has 1 aliphatic rings. The fourth-order valence-corrected chi connectivity index (χ4v) is 5.51. The number of rotatable bonds is 7. The Labute approximate surface area is 132 Å². The summed E-state index contributed by atoms with van der Waals surface area (Å²) >= 11 is 1.48. The van der Waals surface area contributed by atoms with Crippen LogP contribution >= 0.6 is 11.3 Å². The van der Waals surface area contributed by atoms with Gasteiger partial charge in [0.05, 0.1) is 4.90 Å². The first-order valence-electron chi connectivity index (χ1n) is 7.41. The normalized spacial score (nSPS) is 20.6. The molecule has 1 aliphatic carbocycles. The van der Waals surface area contributed by atoms with Gasteiger partial charge in [0.25, 0.3) is 0 Å². The van der Waals surface area contributed by atoms with E-state index >= 15 is 0 Å².